The fourth-order valence-corrected chi connectivity index (χ4v) is 9.39. The average Bonchev–Trinajstić information content (AvgIpc) is 3.81. The Morgan fingerprint density at radius 1 is 1.07 bits per heavy atom. The second-order valence-electron chi connectivity index (χ2n) is 14.5. The van der Waals surface area contributed by atoms with Gasteiger partial charge in [-0.05, 0) is 55.0 Å². The number of ether oxygens (including phenoxy) is 1. The van der Waals surface area contributed by atoms with E-state index in [9.17, 15) is 35.2 Å². The minimum Gasteiger partial charge on any atom is -0.383 e. The van der Waals surface area contributed by atoms with Crippen molar-refractivity contribution in [3.05, 3.63) is 82.3 Å². The van der Waals surface area contributed by atoms with E-state index >= 15 is 8.78 Å². The zero-order valence-corrected chi connectivity index (χ0v) is 32.9. The van der Waals surface area contributed by atoms with Crippen molar-refractivity contribution in [2.75, 3.05) is 36.6 Å². The molecule has 2 aliphatic rings. The molecule has 2 aromatic carbocycles. The van der Waals surface area contributed by atoms with E-state index < -0.39 is 81.0 Å². The van der Waals surface area contributed by atoms with E-state index in [0.717, 1.165) is 18.4 Å². The summed E-state index contributed by atoms with van der Waals surface area (Å²) in [7, 11) is -0.677. The Kier molecular flexibility index (Phi) is 10.1. The Morgan fingerprint density at radius 3 is 2.47 bits per heavy atom. The number of hydrogen-bond donors (Lipinski definition) is 3. The van der Waals surface area contributed by atoms with Gasteiger partial charge in [-0.2, -0.15) is 32.1 Å². The summed E-state index contributed by atoms with van der Waals surface area (Å²) in [6.45, 7) is -0.319. The quantitative estimate of drug-likeness (QED) is 0.0833. The number of halogens is 7. The fourth-order valence-electron chi connectivity index (χ4n) is 8.01. The van der Waals surface area contributed by atoms with Crippen LogP contribution in [0, 0.1) is 17.6 Å². The Bertz CT molecular complexity index is 2730. The number of alkyl halides is 5. The Balaban J connectivity index is 1.28. The van der Waals surface area contributed by atoms with Crippen LogP contribution in [-0.2, 0) is 51.7 Å². The number of amides is 1. The van der Waals surface area contributed by atoms with Crippen LogP contribution < -0.4 is 15.4 Å². The van der Waals surface area contributed by atoms with E-state index in [1.165, 1.54) is 23.1 Å². The van der Waals surface area contributed by atoms with Crippen LogP contribution in [0.2, 0.25) is 0 Å². The molecule has 0 saturated heterocycles. The maximum absolute atomic E-state index is 15.7. The molecule has 8 rings (SSSR count). The SMILES string of the molecule is COCCNc1nc2nc([C@H](Cc3cc(F)cc(F)c3)NC(=O)Cn3nc(C(F)(F)F)c4c3C(F)(F)[C@@H]3CC[C@H]43)c(-c3cccc4c(NS(C)(=O)=O)nn(C)c34)cc2s1. The lowest BCUT2D eigenvalue weighted by molar-refractivity contribution is -0.144. The predicted molar refractivity (Wildman–Crippen MR) is 203 cm³/mol. The highest BCUT2D eigenvalue weighted by molar-refractivity contribution is 7.92. The molecule has 6 aromatic rings. The van der Waals surface area contributed by atoms with Crippen molar-refractivity contribution in [1.29, 1.82) is 0 Å². The molecule has 1 amide bonds. The normalized spacial score (nSPS) is 17.8. The first-order chi connectivity index (χ1) is 27.8. The van der Waals surface area contributed by atoms with Gasteiger partial charge in [0, 0.05) is 54.8 Å². The number of pyridine rings is 1. The molecule has 2 aliphatic carbocycles. The molecule has 312 valence electrons. The third kappa shape index (κ3) is 7.56. The summed E-state index contributed by atoms with van der Waals surface area (Å²) in [6.07, 6.45) is -4.33. The minimum atomic E-state index is -5.07. The third-order valence-corrected chi connectivity index (χ3v) is 12.0. The molecule has 3 N–H and O–H groups in total. The first kappa shape index (κ1) is 40.4. The number of fused-ring (bicyclic) bond motifs is 5. The monoisotopic (exact) mass is 865 g/mol. The molecule has 1 fully saturated rings. The summed E-state index contributed by atoms with van der Waals surface area (Å²) in [6, 6.07) is 8.03. The van der Waals surface area contributed by atoms with E-state index in [1.807, 2.05) is 0 Å². The molecule has 0 unspecified atom stereocenters. The van der Waals surface area contributed by atoms with Crippen molar-refractivity contribution in [3.63, 3.8) is 0 Å². The number of carbonyl (C=O) groups excluding carboxylic acids is 1. The van der Waals surface area contributed by atoms with Gasteiger partial charge in [0.15, 0.2) is 22.3 Å². The van der Waals surface area contributed by atoms with Crippen LogP contribution in [0.5, 0.6) is 0 Å². The highest BCUT2D eigenvalue weighted by Crippen LogP contribution is 2.64. The summed E-state index contributed by atoms with van der Waals surface area (Å²) in [5.41, 5.74) is -1.59. The molecule has 59 heavy (non-hydrogen) atoms. The van der Waals surface area contributed by atoms with Gasteiger partial charge in [0.05, 0.1) is 34.8 Å². The van der Waals surface area contributed by atoms with Crippen LogP contribution in [0.4, 0.5) is 41.7 Å². The first-order valence-electron chi connectivity index (χ1n) is 18.1. The van der Waals surface area contributed by atoms with Gasteiger partial charge in [0.2, 0.25) is 15.9 Å². The molecule has 4 aromatic heterocycles. The number of hydrogen-bond acceptors (Lipinski definition) is 10. The Morgan fingerprint density at radius 2 is 1.81 bits per heavy atom. The number of carbonyl (C=O) groups is 1. The van der Waals surface area contributed by atoms with Crippen LogP contribution in [0.25, 0.3) is 32.4 Å². The van der Waals surface area contributed by atoms with Crippen LogP contribution in [-0.4, -0.2) is 70.4 Å². The number of thiazole rings is 1. The smallest absolute Gasteiger partial charge is 0.383 e. The van der Waals surface area contributed by atoms with Crippen molar-refractivity contribution in [2.24, 2.45) is 13.0 Å². The maximum Gasteiger partial charge on any atom is 0.435 e. The second-order valence-corrected chi connectivity index (χ2v) is 17.3. The van der Waals surface area contributed by atoms with Gasteiger partial charge in [-0.25, -0.2) is 27.2 Å². The highest BCUT2D eigenvalue weighted by atomic mass is 32.2. The van der Waals surface area contributed by atoms with Crippen LogP contribution >= 0.6 is 11.3 Å². The van der Waals surface area contributed by atoms with Gasteiger partial charge in [-0.3, -0.25) is 18.9 Å². The van der Waals surface area contributed by atoms with Gasteiger partial charge in [-0.1, -0.05) is 23.5 Å². The number of nitrogens with zero attached hydrogens (tertiary/aromatic N) is 6. The molecule has 4 heterocycles. The van der Waals surface area contributed by atoms with Crippen molar-refractivity contribution in [3.8, 4) is 11.1 Å². The molecular formula is C37H34F7N9O4S2. The van der Waals surface area contributed by atoms with E-state index in [1.54, 1.807) is 31.3 Å². The Labute approximate surface area is 335 Å². The number of para-hydroxylation sites is 1. The number of nitrogens with one attached hydrogen (secondary N) is 3. The number of anilines is 2. The first-order valence-corrected chi connectivity index (χ1v) is 20.8. The molecule has 0 spiro atoms. The number of benzene rings is 2. The van der Waals surface area contributed by atoms with E-state index in [0.29, 0.717) is 55.8 Å². The summed E-state index contributed by atoms with van der Waals surface area (Å²) < 4.78 is 138. The number of aryl methyl sites for hydroxylation is 1. The van der Waals surface area contributed by atoms with E-state index in [4.69, 9.17) is 9.72 Å². The van der Waals surface area contributed by atoms with Crippen molar-refractivity contribution < 1.29 is 48.7 Å². The van der Waals surface area contributed by atoms with Gasteiger partial charge < -0.3 is 15.4 Å². The average molecular weight is 866 g/mol. The van der Waals surface area contributed by atoms with Crippen molar-refractivity contribution in [1.82, 2.24) is 34.8 Å². The lowest BCUT2D eigenvalue weighted by Crippen LogP contribution is -2.36. The molecule has 0 radical (unpaired) electrons. The number of aromatic nitrogens is 6. The predicted octanol–water partition coefficient (Wildman–Crippen LogP) is 6.87. The summed E-state index contributed by atoms with van der Waals surface area (Å²) >= 11 is 1.23. The van der Waals surface area contributed by atoms with Crippen LogP contribution in [0.1, 0.15) is 53.0 Å². The molecule has 0 bridgehead atoms. The van der Waals surface area contributed by atoms with E-state index in [-0.39, 0.29) is 42.0 Å². The van der Waals surface area contributed by atoms with Gasteiger partial charge in [0.25, 0.3) is 5.92 Å². The van der Waals surface area contributed by atoms with Crippen LogP contribution in [0.15, 0.2) is 42.5 Å². The zero-order valence-electron chi connectivity index (χ0n) is 31.3. The Hall–Kier alpha value is -5.35. The largest absolute Gasteiger partial charge is 0.435 e. The molecule has 1 saturated carbocycles. The maximum atomic E-state index is 15.7. The lowest BCUT2D eigenvalue weighted by atomic mass is 9.73. The van der Waals surface area contributed by atoms with Crippen molar-refractivity contribution in [2.45, 2.75) is 49.9 Å². The highest BCUT2D eigenvalue weighted by Gasteiger charge is 2.63. The standard InChI is InChI=1S/C37H34F7N9O4S2/c1-52-30-20(5-4-6-22(30)33(50-52)51-59(3,55)56)23-15-26-34(48-35(58-26)45-9-10-57-2)47-29(23)25(13-17-11-18(38)14-19(39)12-17)46-27(54)16-53-32-28(31(49-53)37(42,43)44)21-7-8-24(21)36(32,40)41/h4-6,11-12,14-15,21,24-25H,7-10,13,16H2,1-3H3,(H,46,54)(H,50,51)(H,45,47,48)/t21-,24+,25-/m0/s1. The molecular weight excluding hydrogens is 832 g/mol. The summed E-state index contributed by atoms with van der Waals surface area (Å²) in [5, 5.41) is 14.5. The van der Waals surface area contributed by atoms with Crippen molar-refractivity contribution >= 4 is 59.5 Å². The zero-order chi connectivity index (χ0) is 42.2. The summed E-state index contributed by atoms with van der Waals surface area (Å²) in [4.78, 5) is 23.5. The molecule has 22 heteroatoms. The van der Waals surface area contributed by atoms with Gasteiger partial charge in [-0.15, -0.1) is 0 Å². The number of sulfonamides is 1. The second kappa shape index (κ2) is 14.7. The molecule has 3 atom stereocenters. The van der Waals surface area contributed by atoms with Gasteiger partial charge in [0.1, 0.15) is 23.9 Å². The molecule has 0 aliphatic heterocycles. The topological polar surface area (TPSA) is 158 Å². The summed E-state index contributed by atoms with van der Waals surface area (Å²) in [5.74, 6) is -9.00. The fraction of sp³-hybridized carbons (Fsp3) is 0.378. The third-order valence-electron chi connectivity index (χ3n) is 10.4. The van der Waals surface area contributed by atoms with E-state index in [2.05, 4.69) is 30.5 Å². The molecule has 13 nitrogen and oxygen atoms in total. The number of rotatable bonds is 13. The van der Waals surface area contributed by atoms with Gasteiger partial charge >= 0.3 is 6.18 Å². The minimum absolute atomic E-state index is 0.00843. The lowest BCUT2D eigenvalue weighted by Gasteiger charge is -2.34. The number of methoxy groups -OCH3 is 1. The van der Waals surface area contributed by atoms with Crippen LogP contribution in [0.3, 0.4) is 0 Å².